The summed E-state index contributed by atoms with van der Waals surface area (Å²) in [7, 11) is 8.26. The molecule has 43 heavy (non-hydrogen) atoms. The van der Waals surface area contributed by atoms with Crippen molar-refractivity contribution in [3.8, 4) is 0 Å². The molecular formula is C34H70Cl2N2O4S. The van der Waals surface area contributed by atoms with Crippen LogP contribution < -0.4 is 24.8 Å². The second kappa shape index (κ2) is 31.8. The van der Waals surface area contributed by atoms with Crippen molar-refractivity contribution in [2.24, 2.45) is 0 Å². The van der Waals surface area contributed by atoms with E-state index in [1.807, 2.05) is 0 Å². The van der Waals surface area contributed by atoms with Gasteiger partial charge in [-0.15, -0.1) is 0 Å². The van der Waals surface area contributed by atoms with E-state index in [2.05, 4.69) is 42.0 Å². The topological polar surface area (TPSA) is 52.6 Å². The van der Waals surface area contributed by atoms with Crippen molar-refractivity contribution in [1.82, 2.24) is 0 Å². The Bertz CT molecular complexity index is 588. The molecule has 0 spiro atoms. The number of carbonyl (C=O) groups excluding carboxylic acids is 2. The quantitative estimate of drug-likeness (QED) is 0.0509. The molecule has 0 amide bonds. The fourth-order valence-corrected chi connectivity index (χ4v) is 6.22. The predicted octanol–water partition coefficient (Wildman–Crippen LogP) is 2.72. The number of hydrogen-bond acceptors (Lipinski definition) is 5. The van der Waals surface area contributed by atoms with Crippen LogP contribution in [0.25, 0.3) is 0 Å². The molecule has 0 aliphatic rings. The van der Waals surface area contributed by atoms with Crippen molar-refractivity contribution in [1.29, 1.82) is 0 Å². The van der Waals surface area contributed by atoms with Crippen molar-refractivity contribution < 1.29 is 52.8 Å². The van der Waals surface area contributed by atoms with Crippen LogP contribution in [0.3, 0.4) is 0 Å². The zero-order chi connectivity index (χ0) is 30.7. The third-order valence-electron chi connectivity index (χ3n) is 7.52. The second-order valence-electron chi connectivity index (χ2n) is 13.5. The molecule has 0 aromatic heterocycles. The monoisotopic (exact) mass is 672 g/mol. The number of unbranched alkanes of at least 4 members (excludes halogenated alkanes) is 18. The lowest BCUT2D eigenvalue weighted by Gasteiger charge is -2.31. The zero-order valence-corrected chi connectivity index (χ0v) is 31.4. The van der Waals surface area contributed by atoms with Gasteiger partial charge in [0.05, 0.1) is 41.4 Å². The van der Waals surface area contributed by atoms with Crippen molar-refractivity contribution in [3.63, 3.8) is 0 Å². The molecule has 0 heterocycles. The summed E-state index contributed by atoms with van der Waals surface area (Å²) in [6.07, 6.45) is 25.5. The minimum absolute atomic E-state index is 0. The first kappa shape index (κ1) is 47.2. The van der Waals surface area contributed by atoms with Gasteiger partial charge in [0.25, 0.3) is 0 Å². The second-order valence-corrected chi connectivity index (χ2v) is 14.4. The molecule has 6 nitrogen and oxygen atoms in total. The van der Waals surface area contributed by atoms with Gasteiger partial charge in [-0.1, -0.05) is 129 Å². The zero-order valence-electron chi connectivity index (χ0n) is 29.1. The molecule has 0 saturated heterocycles. The number of thioether (sulfide) groups is 1. The molecule has 0 aliphatic heterocycles. The Morgan fingerprint density at radius 1 is 0.465 bits per heavy atom. The van der Waals surface area contributed by atoms with E-state index < -0.39 is 0 Å². The van der Waals surface area contributed by atoms with Gasteiger partial charge in [-0.3, -0.25) is 0 Å². The highest BCUT2D eigenvalue weighted by molar-refractivity contribution is 7.98. The van der Waals surface area contributed by atoms with Gasteiger partial charge in [0.1, 0.15) is 11.8 Å². The molecule has 0 aromatic rings. The lowest BCUT2D eigenvalue weighted by molar-refractivity contribution is -0.877. The molecule has 260 valence electrons. The fourth-order valence-electron chi connectivity index (χ4n) is 4.97. The molecule has 0 unspecified atom stereocenters. The average molecular weight is 674 g/mol. The van der Waals surface area contributed by atoms with Crippen LogP contribution in [0, 0.1) is 0 Å². The molecule has 0 aromatic carbocycles. The van der Waals surface area contributed by atoms with Gasteiger partial charge >= 0.3 is 11.9 Å². The van der Waals surface area contributed by atoms with E-state index in [4.69, 9.17) is 9.47 Å². The number of hydrogen-bond donors (Lipinski definition) is 0. The Labute approximate surface area is 284 Å². The van der Waals surface area contributed by atoms with E-state index in [0.717, 1.165) is 37.4 Å². The lowest BCUT2D eigenvalue weighted by atomic mass is 10.1. The van der Waals surface area contributed by atoms with Crippen molar-refractivity contribution in [2.45, 2.75) is 142 Å². The van der Waals surface area contributed by atoms with Crippen molar-refractivity contribution >= 4 is 23.7 Å². The molecule has 0 saturated carbocycles. The fraction of sp³-hybridized carbons (Fsp3) is 0.941. The van der Waals surface area contributed by atoms with E-state index in [1.54, 1.807) is 11.8 Å². The third-order valence-corrected chi connectivity index (χ3v) is 9.28. The summed E-state index contributed by atoms with van der Waals surface area (Å²) in [5.41, 5.74) is 0. The molecule has 0 N–H and O–H groups in total. The largest absolute Gasteiger partial charge is 1.00 e. The van der Waals surface area contributed by atoms with Crippen LogP contribution in [0.1, 0.15) is 142 Å². The molecule has 0 rings (SSSR count). The number of esters is 2. The molecule has 9 heteroatoms. The third kappa shape index (κ3) is 34.5. The summed E-state index contributed by atoms with van der Waals surface area (Å²) in [6.45, 7) is 6.34. The number of quaternary nitrogens is 2. The Morgan fingerprint density at radius 2 is 0.721 bits per heavy atom. The maximum atomic E-state index is 12.4. The van der Waals surface area contributed by atoms with E-state index in [9.17, 15) is 9.59 Å². The van der Waals surface area contributed by atoms with Gasteiger partial charge in [-0.25, -0.2) is 9.59 Å². The minimum atomic E-state index is -0.115. The number of halogens is 2. The van der Waals surface area contributed by atoms with E-state index >= 15 is 0 Å². The SMILES string of the molecule is CCCCCCCCCCCCOC(=O)C[N+](C)(C)CSC[N+](C)(C)CC(=O)OCCCCCCCCCCCC.[Cl-].[Cl-]. The van der Waals surface area contributed by atoms with E-state index in [1.165, 1.54) is 103 Å². The molecule has 0 atom stereocenters. The smallest absolute Gasteiger partial charge is 0.361 e. The van der Waals surface area contributed by atoms with Crippen molar-refractivity contribution in [3.05, 3.63) is 0 Å². The highest BCUT2D eigenvalue weighted by Gasteiger charge is 2.25. The maximum Gasteiger partial charge on any atom is 0.361 e. The summed E-state index contributed by atoms with van der Waals surface area (Å²) in [4.78, 5) is 24.7. The van der Waals surface area contributed by atoms with Gasteiger partial charge in [0.15, 0.2) is 13.1 Å². The van der Waals surface area contributed by atoms with Gasteiger partial charge < -0.3 is 43.3 Å². The lowest BCUT2D eigenvalue weighted by Crippen LogP contribution is -3.00. The molecule has 0 bridgehead atoms. The average Bonchev–Trinajstić information content (AvgIpc) is 2.89. The summed E-state index contributed by atoms with van der Waals surface area (Å²) in [5.74, 6) is 1.36. The van der Waals surface area contributed by atoms with Crippen LogP contribution in [0.4, 0.5) is 0 Å². The summed E-state index contributed by atoms with van der Waals surface area (Å²) >= 11 is 1.77. The highest BCUT2D eigenvalue weighted by atomic mass is 35.5. The standard InChI is InChI=1S/C34H70N2O4S.2ClH/c1-7-9-11-13-15-17-19-21-23-25-27-39-33(37)29-35(3,4)31-41-32-36(5,6)30-34(38)40-28-26-24-22-20-18-16-14-12-10-8-2;;/h7-32H2,1-6H3;2*1H/q+2;;/p-2. The predicted molar refractivity (Wildman–Crippen MR) is 177 cm³/mol. The number of rotatable bonds is 30. The van der Waals surface area contributed by atoms with Crippen LogP contribution in [-0.4, -0.2) is 87.2 Å². The Morgan fingerprint density at radius 3 is 1.00 bits per heavy atom. The normalized spacial score (nSPS) is 11.5. The van der Waals surface area contributed by atoms with Gasteiger partial charge in [0, 0.05) is 0 Å². The first-order chi connectivity index (χ1) is 19.6. The van der Waals surface area contributed by atoms with Crippen LogP contribution in [-0.2, 0) is 19.1 Å². The van der Waals surface area contributed by atoms with Crippen LogP contribution in [0.5, 0.6) is 0 Å². The summed E-state index contributed by atoms with van der Waals surface area (Å²) in [5, 5.41) is 0. The summed E-state index contributed by atoms with van der Waals surface area (Å²) < 4.78 is 12.2. The number of ether oxygens (including phenoxy) is 2. The van der Waals surface area contributed by atoms with Gasteiger partial charge in [0.2, 0.25) is 0 Å². The molecule has 0 aliphatic carbocycles. The van der Waals surface area contributed by atoms with E-state index in [0.29, 0.717) is 35.3 Å². The highest BCUT2D eigenvalue weighted by Crippen LogP contribution is 2.15. The first-order valence-corrected chi connectivity index (χ1v) is 18.3. The Hall–Kier alpha value is -0.210. The molecule has 0 radical (unpaired) electrons. The Kier molecular flexibility index (Phi) is 34.9. The van der Waals surface area contributed by atoms with Crippen LogP contribution >= 0.6 is 11.8 Å². The number of nitrogens with zero attached hydrogens (tertiary/aromatic N) is 2. The number of likely N-dealkylation sites (N-methyl/N-ethyl adjacent to an activating group) is 2. The van der Waals surface area contributed by atoms with E-state index in [-0.39, 0.29) is 36.8 Å². The Balaban J connectivity index is -0.00000800. The van der Waals surface area contributed by atoms with Crippen LogP contribution in [0.2, 0.25) is 0 Å². The number of carbonyl (C=O) groups is 2. The van der Waals surface area contributed by atoms with Gasteiger partial charge in [-0.05, 0) is 24.6 Å². The first-order valence-electron chi connectivity index (χ1n) is 17.1. The molecular weight excluding hydrogens is 603 g/mol. The molecule has 0 fully saturated rings. The van der Waals surface area contributed by atoms with Crippen molar-refractivity contribution in [2.75, 3.05) is 66.2 Å². The minimum Gasteiger partial charge on any atom is -1.00 e. The summed E-state index contributed by atoms with van der Waals surface area (Å²) in [6, 6.07) is 0. The van der Waals surface area contributed by atoms with Crippen LogP contribution in [0.15, 0.2) is 0 Å². The maximum absolute atomic E-state index is 12.4. The van der Waals surface area contributed by atoms with Gasteiger partial charge in [-0.2, -0.15) is 0 Å².